The van der Waals surface area contributed by atoms with E-state index in [9.17, 15) is 0 Å². The van der Waals surface area contributed by atoms with Crippen molar-refractivity contribution < 1.29 is 40.7 Å². The number of hydrogen-bond acceptors (Lipinski definition) is 2. The van der Waals surface area contributed by atoms with Crippen molar-refractivity contribution in [3.63, 3.8) is 0 Å². The minimum atomic E-state index is 0.805. The molecule has 0 unspecified atom stereocenters. The molecular weight excluding hydrogens is 376 g/mol. The summed E-state index contributed by atoms with van der Waals surface area (Å²) in [6.45, 7) is 0. The van der Waals surface area contributed by atoms with Gasteiger partial charge in [-0.2, -0.15) is 0 Å². The molecule has 0 aromatic rings. The molecule has 0 amide bonds. The van der Waals surface area contributed by atoms with Gasteiger partial charge in [-0.15, -0.1) is 0 Å². The van der Waals surface area contributed by atoms with Crippen LogP contribution in [-0.4, -0.2) is 53.1 Å². The van der Waals surface area contributed by atoms with Gasteiger partial charge < -0.3 is 0 Å². The Bertz CT molecular complexity index is 8.00. The molecule has 0 saturated carbocycles. The normalized spacial score (nSPS) is 7.25. The Morgan fingerprint density at radius 3 is 2.00 bits per heavy atom. The molecule has 4 heteroatoms. The first-order valence-corrected chi connectivity index (χ1v) is 20.0. The van der Waals surface area contributed by atoms with Gasteiger partial charge >= 0.3 is 98.9 Å². The predicted octanol–water partition coefficient (Wildman–Crippen LogP) is 0.648. The van der Waals surface area contributed by atoms with Gasteiger partial charge in [-0.05, 0) is 0 Å². The second kappa shape index (κ2) is 6.97. The van der Waals surface area contributed by atoms with Crippen LogP contribution in [0.2, 0.25) is 0 Å². The summed E-state index contributed by atoms with van der Waals surface area (Å²) < 4.78 is 4.18. The molecule has 4 heavy (non-hydrogen) atoms. The molecule has 0 radical (unpaired) electrons. The molecule has 0 saturated heterocycles. The van der Waals surface area contributed by atoms with Crippen LogP contribution in [0.5, 0.6) is 0 Å². The van der Waals surface area contributed by atoms with Gasteiger partial charge in [-0.1, -0.05) is 0 Å². The van der Waals surface area contributed by atoms with E-state index in [0.717, 1.165) is 93.9 Å². The molecule has 0 rings (SSSR count). The van der Waals surface area contributed by atoms with E-state index in [2.05, 4.69) is 5.06 Å². The van der Waals surface area contributed by atoms with Crippen molar-refractivity contribution in [1.82, 2.24) is 0 Å². The Labute approximate surface area is 94.8 Å². The van der Waals surface area contributed by atoms with Crippen LogP contribution in [0.3, 0.4) is 0 Å². The van der Waals surface area contributed by atoms with E-state index < -0.39 is 0 Å². The Morgan fingerprint density at radius 1 is 1.75 bits per heavy atom. The van der Waals surface area contributed by atoms with Crippen molar-refractivity contribution in [2.45, 2.75) is 0 Å². The van der Waals surface area contributed by atoms with E-state index in [-0.39, 0.29) is 0 Å². The Morgan fingerprint density at radius 2 is 2.00 bits per heavy atom. The molecule has 0 aromatic heterocycles. The summed E-state index contributed by atoms with van der Waals surface area (Å²) in [5.41, 5.74) is 0. The third kappa shape index (κ3) is 5.97. The average molecular weight is 377 g/mol. The summed E-state index contributed by atoms with van der Waals surface area (Å²) in [6.07, 6.45) is 0. The van der Waals surface area contributed by atoms with Crippen LogP contribution in [0.1, 0.15) is 0 Å². The number of rotatable bonds is 1. The Kier molecular flexibility index (Phi) is 13.9. The van der Waals surface area contributed by atoms with Crippen molar-refractivity contribution in [2.75, 3.05) is 0 Å². The summed E-state index contributed by atoms with van der Waals surface area (Å²) in [4.78, 5) is 0. The van der Waals surface area contributed by atoms with Crippen molar-refractivity contribution >= 4 is 58.2 Å². The van der Waals surface area contributed by atoms with Crippen LogP contribution in [0.15, 0.2) is 0 Å². The molecule has 0 heterocycles. The van der Waals surface area contributed by atoms with E-state index in [1.807, 2.05) is 0 Å². The third-order valence-electron chi connectivity index (χ3n) is 0.167. The van der Waals surface area contributed by atoms with Crippen LogP contribution in [0.4, 0.5) is 0 Å². The average Bonchev–Trinajstić information content (AvgIpc) is 1.37. The van der Waals surface area contributed by atoms with Crippen molar-refractivity contribution in [2.24, 2.45) is 0 Å². The van der Waals surface area contributed by atoms with Gasteiger partial charge in [-0.3, -0.25) is 0 Å². The molecule has 0 bridgehead atoms. The molecule has 0 aliphatic heterocycles. The van der Waals surface area contributed by atoms with Crippen molar-refractivity contribution in [3.05, 3.63) is 0 Å². The molecule has 0 atom stereocenters. The van der Waals surface area contributed by atoms with E-state index in [4.69, 9.17) is 0 Å². The van der Waals surface area contributed by atoms with E-state index >= 15 is 0 Å². The molecule has 0 N–H and O–H groups in total. The van der Waals surface area contributed by atoms with E-state index in [1.54, 1.807) is 0 Å². The zero-order valence-corrected chi connectivity index (χ0v) is 17.6. The van der Waals surface area contributed by atoms with Gasteiger partial charge in [0.05, 0.1) is 0 Å². The van der Waals surface area contributed by atoms with Crippen LogP contribution in [0.25, 0.3) is 0 Å². The first kappa shape index (κ1) is 7.97. The molecule has 0 spiro atoms. The second-order valence-electron chi connectivity index (χ2n) is 0.333. The Hall–Kier alpha value is 3.97. The fraction of sp³-hybridized carbons (Fsp3) is 0. The summed E-state index contributed by atoms with van der Waals surface area (Å²) in [7, 11) is 0. The third-order valence-corrected chi connectivity index (χ3v) is 81.8. The van der Waals surface area contributed by atoms with Crippen LogP contribution in [-0.2, 0) is 0 Å². The van der Waals surface area contributed by atoms with Gasteiger partial charge in [0.25, 0.3) is 0 Å². The van der Waals surface area contributed by atoms with E-state index in [0.29, 0.717) is 0 Å². The standard InChI is InChI=1S/Ra.Rb.S2.H/c;;1-2;/q2*+1;-2;. The molecule has 0 aromatic carbocycles. The van der Waals surface area contributed by atoms with E-state index in [1.165, 1.54) is 0 Å². The van der Waals surface area contributed by atoms with Crippen LogP contribution >= 0.6 is 5.06 Å². The predicted molar refractivity (Wildman–Crippen MR) is 22.3 cm³/mol. The molecule has 0 fully saturated rings. The molecule has 0 aliphatic rings. The van der Waals surface area contributed by atoms with Gasteiger partial charge in [0.15, 0.2) is 0 Å². The van der Waals surface area contributed by atoms with Gasteiger partial charge in [0, 0.05) is 0 Å². The minimum absolute atomic E-state index is 0.805. The van der Waals surface area contributed by atoms with Gasteiger partial charge in [0.2, 0.25) is 0 Å². The van der Waals surface area contributed by atoms with Crippen molar-refractivity contribution in [1.29, 1.82) is 0 Å². The molecule has 0 aliphatic carbocycles. The fourth-order valence-electron chi connectivity index (χ4n) is 0. The summed E-state index contributed by atoms with van der Waals surface area (Å²) in [6, 6.07) is 0. The molecular formula is HRaRbS2. The first-order valence-electron chi connectivity index (χ1n) is 0.983. The Balaban J connectivity index is 1.97. The van der Waals surface area contributed by atoms with Gasteiger partial charge in [0.1, 0.15) is 0 Å². The van der Waals surface area contributed by atoms with Crippen molar-refractivity contribution in [3.8, 4) is 0 Å². The molecule has 16 valence electrons. The topological polar surface area (TPSA) is 0 Å². The maximum atomic E-state index is 2.10. The monoisotopic (exact) mass is 376 g/mol. The van der Waals surface area contributed by atoms with Gasteiger partial charge in [-0.25, -0.2) is 0 Å². The summed E-state index contributed by atoms with van der Waals surface area (Å²) in [5.74, 6) is 0. The van der Waals surface area contributed by atoms with Crippen LogP contribution in [0, 0.1) is 40.7 Å². The summed E-state index contributed by atoms with van der Waals surface area (Å²) >= 11 is 1.73. The maximum absolute atomic E-state index is 2.10. The fourth-order valence-corrected chi connectivity index (χ4v) is 0. The zero-order valence-electron chi connectivity index (χ0n) is 2.82. The van der Waals surface area contributed by atoms with Crippen LogP contribution < -0.4 is 0 Å². The summed E-state index contributed by atoms with van der Waals surface area (Å²) in [5, 5.41) is 0. The number of hydrogen-bond donors (Lipinski definition) is 0. The quantitative estimate of drug-likeness (QED) is 0.617. The molecule has 0 nitrogen and oxygen atoms in total. The second-order valence-corrected chi connectivity index (χ2v) is 22.7. The zero-order chi connectivity index (χ0) is 3.41. The first-order chi connectivity index (χ1) is 1.91. The SMILES string of the molecule is [Rb][S][S][RaH].